The molecule has 1 aliphatic carbocycles. The molecular formula is C12H15NO3. The van der Waals surface area contributed by atoms with Crippen LogP contribution in [0.4, 0.5) is 0 Å². The van der Waals surface area contributed by atoms with Crippen LogP contribution in [-0.2, 0) is 14.4 Å². The number of carbonyl (C=O) groups excluding carboxylic acids is 2. The van der Waals surface area contributed by atoms with Gasteiger partial charge in [0.05, 0.1) is 0 Å². The summed E-state index contributed by atoms with van der Waals surface area (Å²) in [7, 11) is 0. The third-order valence-corrected chi connectivity index (χ3v) is 2.05. The molecule has 4 nitrogen and oxygen atoms in total. The Labute approximate surface area is 94.7 Å². The first-order valence-electron chi connectivity index (χ1n) is 5.01. The maximum atomic E-state index is 11.6. The van der Waals surface area contributed by atoms with E-state index in [0.717, 1.165) is 0 Å². The Bertz CT molecular complexity index is 408. The van der Waals surface area contributed by atoms with Crippen molar-refractivity contribution in [2.75, 3.05) is 0 Å². The standard InChI is InChI=1S/C12H15NO3/c1-8(14)16-13-9-5-6-11(15)10(7-9)12(2,3)4/h5-7H,1-4H3/b13-9+. The molecule has 0 bridgehead atoms. The van der Waals surface area contributed by atoms with Crippen LogP contribution in [0.15, 0.2) is 29.0 Å². The zero-order valence-electron chi connectivity index (χ0n) is 9.90. The van der Waals surface area contributed by atoms with Gasteiger partial charge in [-0.2, -0.15) is 0 Å². The summed E-state index contributed by atoms with van der Waals surface area (Å²) in [5, 5.41) is 3.63. The highest BCUT2D eigenvalue weighted by Crippen LogP contribution is 2.28. The van der Waals surface area contributed by atoms with Gasteiger partial charge in [-0.15, -0.1) is 0 Å². The van der Waals surface area contributed by atoms with Crippen LogP contribution in [0.2, 0.25) is 0 Å². The van der Waals surface area contributed by atoms with E-state index < -0.39 is 5.97 Å². The van der Waals surface area contributed by atoms with E-state index in [1.807, 2.05) is 20.8 Å². The minimum absolute atomic E-state index is 0.0331. The second-order valence-corrected chi connectivity index (χ2v) is 4.60. The number of carbonyl (C=O) groups is 2. The quantitative estimate of drug-likeness (QED) is 0.386. The van der Waals surface area contributed by atoms with Crippen molar-refractivity contribution in [2.45, 2.75) is 27.7 Å². The predicted molar refractivity (Wildman–Crippen MR) is 60.9 cm³/mol. The molecule has 0 fully saturated rings. The van der Waals surface area contributed by atoms with Crippen LogP contribution in [-0.4, -0.2) is 17.5 Å². The van der Waals surface area contributed by atoms with Gasteiger partial charge in [0.15, 0.2) is 5.78 Å². The molecule has 0 aliphatic heterocycles. The number of rotatable bonds is 1. The monoisotopic (exact) mass is 221 g/mol. The maximum absolute atomic E-state index is 11.6. The van der Waals surface area contributed by atoms with Crippen LogP contribution in [0.1, 0.15) is 27.7 Å². The molecule has 0 aromatic rings. The molecule has 16 heavy (non-hydrogen) atoms. The Kier molecular flexibility index (Phi) is 3.42. The molecule has 0 amide bonds. The normalized spacial score (nSPS) is 18.6. The molecule has 1 aliphatic rings. The lowest BCUT2D eigenvalue weighted by Gasteiger charge is -2.22. The fourth-order valence-electron chi connectivity index (χ4n) is 1.28. The zero-order chi connectivity index (χ0) is 12.3. The van der Waals surface area contributed by atoms with Crippen molar-refractivity contribution in [3.05, 3.63) is 23.8 Å². The molecule has 0 heterocycles. The SMILES string of the molecule is CC(=O)O/N=C1\C=CC(=O)C(C(C)(C)C)=C1. The highest BCUT2D eigenvalue weighted by molar-refractivity contribution is 6.19. The number of hydrogen-bond donors (Lipinski definition) is 0. The molecule has 0 aromatic heterocycles. The first kappa shape index (κ1) is 12.4. The average molecular weight is 221 g/mol. The molecule has 0 radical (unpaired) electrons. The minimum Gasteiger partial charge on any atom is -0.318 e. The Morgan fingerprint density at radius 2 is 1.94 bits per heavy atom. The Hall–Kier alpha value is -1.71. The van der Waals surface area contributed by atoms with Crippen molar-refractivity contribution in [1.29, 1.82) is 0 Å². The average Bonchev–Trinajstić information content (AvgIpc) is 2.14. The number of allylic oxidation sites excluding steroid dienone is 4. The smallest absolute Gasteiger partial charge is 0.318 e. The second-order valence-electron chi connectivity index (χ2n) is 4.60. The van der Waals surface area contributed by atoms with Crippen molar-refractivity contribution in [2.24, 2.45) is 10.6 Å². The van der Waals surface area contributed by atoms with E-state index in [9.17, 15) is 9.59 Å². The molecule has 4 heteroatoms. The van der Waals surface area contributed by atoms with Gasteiger partial charge in [0, 0.05) is 12.5 Å². The van der Waals surface area contributed by atoms with Crippen molar-refractivity contribution in [3.8, 4) is 0 Å². The fraction of sp³-hybridized carbons (Fsp3) is 0.417. The van der Waals surface area contributed by atoms with E-state index in [4.69, 9.17) is 0 Å². The van der Waals surface area contributed by atoms with Crippen molar-refractivity contribution in [1.82, 2.24) is 0 Å². The Morgan fingerprint density at radius 1 is 1.31 bits per heavy atom. The summed E-state index contributed by atoms with van der Waals surface area (Å²) in [5.74, 6) is -0.516. The van der Waals surface area contributed by atoms with Gasteiger partial charge < -0.3 is 4.84 Å². The highest BCUT2D eigenvalue weighted by atomic mass is 16.7. The van der Waals surface area contributed by atoms with Gasteiger partial charge in [-0.25, -0.2) is 4.79 Å². The summed E-state index contributed by atoms with van der Waals surface area (Å²) < 4.78 is 0. The van der Waals surface area contributed by atoms with Crippen LogP contribution < -0.4 is 0 Å². The predicted octanol–water partition coefficient (Wildman–Crippen LogP) is 2.02. The summed E-state index contributed by atoms with van der Waals surface area (Å²) in [6, 6.07) is 0. The largest absolute Gasteiger partial charge is 0.331 e. The van der Waals surface area contributed by atoms with E-state index in [1.54, 1.807) is 6.08 Å². The van der Waals surface area contributed by atoms with Gasteiger partial charge in [0.25, 0.3) is 0 Å². The van der Waals surface area contributed by atoms with E-state index in [0.29, 0.717) is 11.3 Å². The summed E-state index contributed by atoms with van der Waals surface area (Å²) in [4.78, 5) is 26.7. The molecule has 86 valence electrons. The van der Waals surface area contributed by atoms with E-state index in [-0.39, 0.29) is 11.2 Å². The molecular weight excluding hydrogens is 206 g/mol. The van der Waals surface area contributed by atoms with Crippen molar-refractivity contribution in [3.63, 3.8) is 0 Å². The summed E-state index contributed by atoms with van der Waals surface area (Å²) in [5.41, 5.74) is 0.874. The molecule has 0 unspecified atom stereocenters. The lowest BCUT2D eigenvalue weighted by molar-refractivity contribution is -0.140. The molecule has 1 rings (SSSR count). The molecule has 0 N–H and O–H groups in total. The Morgan fingerprint density at radius 3 is 2.44 bits per heavy atom. The molecule has 0 aromatic carbocycles. The van der Waals surface area contributed by atoms with Crippen LogP contribution in [0, 0.1) is 5.41 Å². The molecule has 0 saturated heterocycles. The number of nitrogens with zero attached hydrogens (tertiary/aromatic N) is 1. The third kappa shape index (κ3) is 3.15. The van der Waals surface area contributed by atoms with Crippen LogP contribution in [0.5, 0.6) is 0 Å². The lowest BCUT2D eigenvalue weighted by Crippen LogP contribution is -2.20. The minimum atomic E-state index is -0.483. The lowest BCUT2D eigenvalue weighted by atomic mass is 9.81. The van der Waals surface area contributed by atoms with Crippen LogP contribution in [0.3, 0.4) is 0 Å². The highest BCUT2D eigenvalue weighted by Gasteiger charge is 2.24. The van der Waals surface area contributed by atoms with Gasteiger partial charge in [-0.3, -0.25) is 4.79 Å². The van der Waals surface area contributed by atoms with E-state index >= 15 is 0 Å². The van der Waals surface area contributed by atoms with Crippen LogP contribution >= 0.6 is 0 Å². The van der Waals surface area contributed by atoms with E-state index in [2.05, 4.69) is 9.99 Å². The van der Waals surface area contributed by atoms with Gasteiger partial charge in [0.1, 0.15) is 5.71 Å². The van der Waals surface area contributed by atoms with E-state index in [1.165, 1.54) is 19.1 Å². The third-order valence-electron chi connectivity index (χ3n) is 2.05. The van der Waals surface area contributed by atoms with Gasteiger partial charge in [0.2, 0.25) is 0 Å². The first-order valence-corrected chi connectivity index (χ1v) is 5.01. The summed E-state index contributed by atoms with van der Waals surface area (Å²) in [6.45, 7) is 7.11. The van der Waals surface area contributed by atoms with Gasteiger partial charge in [-0.05, 0) is 23.6 Å². The van der Waals surface area contributed by atoms with Gasteiger partial charge in [-0.1, -0.05) is 25.9 Å². The van der Waals surface area contributed by atoms with Crippen molar-refractivity contribution < 1.29 is 14.4 Å². The summed E-state index contributed by atoms with van der Waals surface area (Å²) in [6.07, 6.45) is 4.61. The number of hydrogen-bond acceptors (Lipinski definition) is 4. The Balaban J connectivity index is 2.97. The zero-order valence-corrected chi connectivity index (χ0v) is 9.90. The molecule has 0 saturated carbocycles. The second kappa shape index (κ2) is 4.43. The van der Waals surface area contributed by atoms with Crippen molar-refractivity contribution >= 4 is 17.5 Å². The topological polar surface area (TPSA) is 55.7 Å². The fourth-order valence-corrected chi connectivity index (χ4v) is 1.28. The first-order chi connectivity index (χ1) is 7.30. The van der Waals surface area contributed by atoms with Crippen LogP contribution in [0.25, 0.3) is 0 Å². The number of ketones is 1. The summed E-state index contributed by atoms with van der Waals surface area (Å²) >= 11 is 0. The maximum Gasteiger partial charge on any atom is 0.331 e. The molecule has 0 atom stereocenters. The molecule has 0 spiro atoms. The van der Waals surface area contributed by atoms with Gasteiger partial charge >= 0.3 is 5.97 Å². The number of oxime groups is 1.